The number of hydrogen-bond donors (Lipinski definition) is 1. The third kappa shape index (κ3) is 4.84. The van der Waals surface area contributed by atoms with Gasteiger partial charge in [-0.25, -0.2) is 8.42 Å². The zero-order valence-corrected chi connectivity index (χ0v) is 16.5. The number of amides is 1. The first-order chi connectivity index (χ1) is 13.8. The highest BCUT2D eigenvalue weighted by atomic mass is 32.2. The van der Waals surface area contributed by atoms with Crippen LogP contribution in [-0.2, 0) is 9.84 Å². The van der Waals surface area contributed by atoms with E-state index in [0.29, 0.717) is 18.5 Å². The lowest BCUT2D eigenvalue weighted by molar-refractivity contribution is -0.0512. The van der Waals surface area contributed by atoms with E-state index in [9.17, 15) is 22.0 Å². The van der Waals surface area contributed by atoms with Crippen LogP contribution in [0.5, 0.6) is 11.5 Å². The molecule has 1 aliphatic carbocycles. The van der Waals surface area contributed by atoms with Gasteiger partial charge in [-0.05, 0) is 55.3 Å². The first-order valence-corrected chi connectivity index (χ1v) is 10.6. The second kappa shape index (κ2) is 8.77. The Morgan fingerprint density at radius 1 is 1.07 bits per heavy atom. The number of benzene rings is 2. The zero-order valence-electron chi connectivity index (χ0n) is 15.7. The molecule has 1 amide bonds. The Bertz CT molecular complexity index is 971. The van der Waals surface area contributed by atoms with Crippen LogP contribution in [-0.4, -0.2) is 33.3 Å². The minimum absolute atomic E-state index is 0.00375. The highest BCUT2D eigenvalue weighted by molar-refractivity contribution is 7.92. The van der Waals surface area contributed by atoms with Crippen LogP contribution in [0.1, 0.15) is 36.0 Å². The SMILES string of the molecule is COc1cc(C(=O)Nc2ccc(S(=O)(=O)C3CCCC3)cc2)ccc1OC(F)F. The molecule has 1 fully saturated rings. The lowest BCUT2D eigenvalue weighted by Gasteiger charge is -2.13. The standard InChI is InChI=1S/C20H21F2NO5S/c1-27-18-12-13(6-11-17(18)28-20(21)22)19(24)23-14-7-9-16(10-8-14)29(25,26)15-4-2-3-5-15/h6-12,15,20H,2-5H2,1H3,(H,23,24). The van der Waals surface area contributed by atoms with Crippen molar-refractivity contribution in [2.24, 2.45) is 0 Å². The Kier molecular flexibility index (Phi) is 6.36. The molecule has 0 aromatic heterocycles. The Hall–Kier alpha value is -2.68. The number of sulfone groups is 1. The molecule has 3 rings (SSSR count). The molecule has 0 unspecified atom stereocenters. The second-order valence-corrected chi connectivity index (χ2v) is 8.90. The maximum Gasteiger partial charge on any atom is 0.387 e. The largest absolute Gasteiger partial charge is 0.493 e. The van der Waals surface area contributed by atoms with Crippen LogP contribution in [0.15, 0.2) is 47.4 Å². The van der Waals surface area contributed by atoms with Crippen LogP contribution in [0.4, 0.5) is 14.5 Å². The Morgan fingerprint density at radius 3 is 2.31 bits per heavy atom. The van der Waals surface area contributed by atoms with Crippen LogP contribution < -0.4 is 14.8 Å². The summed E-state index contributed by atoms with van der Waals surface area (Å²) in [5.41, 5.74) is 0.582. The number of anilines is 1. The minimum Gasteiger partial charge on any atom is -0.493 e. The summed E-state index contributed by atoms with van der Waals surface area (Å²) in [7, 11) is -2.09. The van der Waals surface area contributed by atoms with Crippen molar-refractivity contribution in [3.8, 4) is 11.5 Å². The van der Waals surface area contributed by atoms with Crippen molar-refractivity contribution < 1.29 is 31.5 Å². The Balaban J connectivity index is 1.72. The van der Waals surface area contributed by atoms with Gasteiger partial charge in [-0.1, -0.05) is 12.8 Å². The summed E-state index contributed by atoms with van der Waals surface area (Å²) in [4.78, 5) is 12.7. The van der Waals surface area contributed by atoms with Gasteiger partial charge in [0.25, 0.3) is 5.91 Å². The quantitative estimate of drug-likeness (QED) is 0.717. The number of carbonyl (C=O) groups is 1. The third-order valence-corrected chi connectivity index (χ3v) is 7.10. The van der Waals surface area contributed by atoms with E-state index >= 15 is 0 Å². The zero-order chi connectivity index (χ0) is 21.0. The molecule has 2 aromatic rings. The molecule has 0 spiro atoms. The molecule has 0 heterocycles. The van der Waals surface area contributed by atoms with Gasteiger partial charge < -0.3 is 14.8 Å². The lowest BCUT2D eigenvalue weighted by atomic mass is 10.2. The number of methoxy groups -OCH3 is 1. The number of ether oxygens (including phenoxy) is 2. The fourth-order valence-electron chi connectivity index (χ4n) is 3.32. The highest BCUT2D eigenvalue weighted by Crippen LogP contribution is 2.31. The molecule has 9 heteroatoms. The molecule has 0 radical (unpaired) electrons. The van der Waals surface area contributed by atoms with E-state index in [-0.39, 0.29) is 27.2 Å². The van der Waals surface area contributed by atoms with Crippen molar-refractivity contribution in [1.29, 1.82) is 0 Å². The van der Waals surface area contributed by atoms with Crippen molar-refractivity contribution in [2.75, 3.05) is 12.4 Å². The van der Waals surface area contributed by atoms with Crippen molar-refractivity contribution >= 4 is 21.4 Å². The summed E-state index contributed by atoms with van der Waals surface area (Å²) in [6, 6.07) is 9.82. The van der Waals surface area contributed by atoms with Gasteiger partial charge in [0.1, 0.15) is 0 Å². The first-order valence-electron chi connectivity index (χ1n) is 9.09. The van der Waals surface area contributed by atoms with Crippen molar-refractivity contribution in [1.82, 2.24) is 0 Å². The molecule has 0 bridgehead atoms. The Morgan fingerprint density at radius 2 is 1.72 bits per heavy atom. The molecule has 0 aliphatic heterocycles. The van der Waals surface area contributed by atoms with Gasteiger partial charge in [-0.3, -0.25) is 4.79 Å². The summed E-state index contributed by atoms with van der Waals surface area (Å²) >= 11 is 0. The highest BCUT2D eigenvalue weighted by Gasteiger charge is 2.30. The van der Waals surface area contributed by atoms with E-state index in [1.165, 1.54) is 49.6 Å². The smallest absolute Gasteiger partial charge is 0.387 e. The van der Waals surface area contributed by atoms with Crippen LogP contribution >= 0.6 is 0 Å². The predicted molar refractivity (Wildman–Crippen MR) is 103 cm³/mol. The van der Waals surface area contributed by atoms with Gasteiger partial charge >= 0.3 is 6.61 Å². The van der Waals surface area contributed by atoms with Crippen LogP contribution in [0.25, 0.3) is 0 Å². The van der Waals surface area contributed by atoms with E-state index in [0.717, 1.165) is 12.8 Å². The van der Waals surface area contributed by atoms with Gasteiger partial charge in [0.05, 0.1) is 17.3 Å². The van der Waals surface area contributed by atoms with E-state index in [1.54, 1.807) is 0 Å². The number of nitrogens with one attached hydrogen (secondary N) is 1. The van der Waals surface area contributed by atoms with Gasteiger partial charge in [0, 0.05) is 11.3 Å². The fourth-order valence-corrected chi connectivity index (χ4v) is 5.18. The normalized spacial score (nSPS) is 14.8. The van der Waals surface area contributed by atoms with Crippen molar-refractivity contribution in [3.63, 3.8) is 0 Å². The van der Waals surface area contributed by atoms with E-state index in [2.05, 4.69) is 10.1 Å². The van der Waals surface area contributed by atoms with Gasteiger partial charge in [0.2, 0.25) is 0 Å². The molecular formula is C20H21F2NO5S. The molecule has 1 saturated carbocycles. The molecule has 1 N–H and O–H groups in total. The molecule has 6 nitrogen and oxygen atoms in total. The minimum atomic E-state index is -3.36. The number of halogens is 2. The molecule has 2 aromatic carbocycles. The lowest BCUT2D eigenvalue weighted by Crippen LogP contribution is -2.18. The first kappa shape index (κ1) is 21.0. The molecule has 156 valence electrons. The maximum atomic E-state index is 12.6. The van der Waals surface area contributed by atoms with Gasteiger partial charge in [-0.15, -0.1) is 0 Å². The summed E-state index contributed by atoms with van der Waals surface area (Å²) in [6.07, 6.45) is 3.19. The maximum absolute atomic E-state index is 12.6. The van der Waals surface area contributed by atoms with Crippen LogP contribution in [0.2, 0.25) is 0 Å². The predicted octanol–water partition coefficient (Wildman–Crippen LogP) is 4.27. The molecule has 0 atom stereocenters. The molecule has 1 aliphatic rings. The van der Waals surface area contributed by atoms with Crippen LogP contribution in [0.3, 0.4) is 0 Å². The Labute approximate surface area is 167 Å². The van der Waals surface area contributed by atoms with Crippen LogP contribution in [0, 0.1) is 0 Å². The van der Waals surface area contributed by atoms with E-state index in [4.69, 9.17) is 4.74 Å². The number of carbonyl (C=O) groups excluding carboxylic acids is 1. The molecule has 29 heavy (non-hydrogen) atoms. The third-order valence-electron chi connectivity index (χ3n) is 4.82. The van der Waals surface area contributed by atoms with E-state index < -0.39 is 22.4 Å². The average Bonchev–Trinajstić information content (AvgIpc) is 3.24. The summed E-state index contributed by atoms with van der Waals surface area (Å²) < 4.78 is 59.3. The summed E-state index contributed by atoms with van der Waals surface area (Å²) in [5.74, 6) is -0.685. The second-order valence-electron chi connectivity index (χ2n) is 6.67. The van der Waals surface area contributed by atoms with E-state index in [1.807, 2.05) is 0 Å². The molecule has 0 saturated heterocycles. The van der Waals surface area contributed by atoms with Gasteiger partial charge in [0.15, 0.2) is 21.3 Å². The fraction of sp³-hybridized carbons (Fsp3) is 0.350. The number of hydrogen-bond acceptors (Lipinski definition) is 5. The summed E-state index contributed by atoms with van der Waals surface area (Å²) in [6.45, 7) is -3.01. The van der Waals surface area contributed by atoms with Gasteiger partial charge in [-0.2, -0.15) is 8.78 Å². The van der Waals surface area contributed by atoms with Crippen molar-refractivity contribution in [3.05, 3.63) is 48.0 Å². The number of alkyl halides is 2. The molecular weight excluding hydrogens is 404 g/mol. The monoisotopic (exact) mass is 425 g/mol. The topological polar surface area (TPSA) is 81.7 Å². The van der Waals surface area contributed by atoms with Crippen molar-refractivity contribution in [2.45, 2.75) is 42.4 Å². The summed E-state index contributed by atoms with van der Waals surface area (Å²) in [5, 5.41) is 2.30. The number of rotatable bonds is 7. The average molecular weight is 425 g/mol.